The fraction of sp³-hybridized carbons (Fsp3) is 0.562. The number of aromatic carboxylic acids is 1. The molecule has 0 bridgehead atoms. The van der Waals surface area contributed by atoms with Crippen LogP contribution in [0, 0.1) is 0 Å². The van der Waals surface area contributed by atoms with E-state index in [1.165, 1.54) is 0 Å². The quantitative estimate of drug-likeness (QED) is 0.633. The molecule has 0 radical (unpaired) electrons. The minimum Gasteiger partial charge on any atom is -0.535 e. The van der Waals surface area contributed by atoms with E-state index >= 15 is 0 Å². The first-order valence-electron chi connectivity index (χ1n) is 8.35. The summed E-state index contributed by atoms with van der Waals surface area (Å²) in [7, 11) is -0.968. The summed E-state index contributed by atoms with van der Waals surface area (Å²) in [6, 6.07) is 3.51. The van der Waals surface area contributed by atoms with Crippen LogP contribution in [0.3, 0.4) is 0 Å². The molecule has 1 saturated carbocycles. The van der Waals surface area contributed by atoms with Gasteiger partial charge in [-0.2, -0.15) is 0 Å². The van der Waals surface area contributed by atoms with Gasteiger partial charge in [-0.25, -0.2) is 4.79 Å². The maximum atomic E-state index is 11.7. The van der Waals surface area contributed by atoms with E-state index in [0.29, 0.717) is 18.5 Å². The second kappa shape index (κ2) is 7.82. The third-order valence-corrected chi connectivity index (χ3v) is 4.98. The minimum atomic E-state index is -1.11. The van der Waals surface area contributed by atoms with E-state index in [4.69, 9.17) is 15.1 Å². The molecule has 2 heterocycles. The van der Waals surface area contributed by atoms with Gasteiger partial charge in [0.15, 0.2) is 0 Å². The molecular formula is C16H23BCl2N2O5. The van der Waals surface area contributed by atoms with Crippen molar-refractivity contribution in [1.82, 2.24) is 4.90 Å². The molecule has 1 aliphatic carbocycles. The molecule has 2 fully saturated rings. The molecule has 0 atom stereocenters. The fourth-order valence-corrected chi connectivity index (χ4v) is 3.38. The maximum Gasteiger partial charge on any atom is 0.522 e. The number of carboxylic acid groups (broad SMARTS) is 1. The largest absolute Gasteiger partial charge is 0.535 e. The summed E-state index contributed by atoms with van der Waals surface area (Å²) in [5, 5.41) is 19.2. The molecule has 0 unspecified atom stereocenters. The fourth-order valence-electron chi connectivity index (χ4n) is 3.38. The molecule has 0 aromatic heterocycles. The SMILES string of the molecule is Cl.Cl.NC1(CN2CC(Oc3ccc4c(c3C(=O)O)OB(O)CC4)C2)CC1. The van der Waals surface area contributed by atoms with Crippen LogP contribution < -0.4 is 15.1 Å². The lowest BCUT2D eigenvalue weighted by Crippen LogP contribution is -2.57. The highest BCUT2D eigenvalue weighted by atomic mass is 35.5. The molecular weight excluding hydrogens is 382 g/mol. The van der Waals surface area contributed by atoms with Crippen molar-refractivity contribution in [2.75, 3.05) is 19.6 Å². The second-order valence-electron chi connectivity index (χ2n) is 7.14. The number of benzene rings is 1. The number of nitrogens with two attached hydrogens (primary N) is 1. The Morgan fingerprint density at radius 3 is 2.69 bits per heavy atom. The molecule has 0 amide bonds. The van der Waals surface area contributed by atoms with Gasteiger partial charge in [-0.15, -0.1) is 24.8 Å². The second-order valence-corrected chi connectivity index (χ2v) is 7.14. The van der Waals surface area contributed by atoms with Gasteiger partial charge in [0.2, 0.25) is 0 Å². The number of nitrogens with zero attached hydrogens (tertiary/aromatic N) is 1. The lowest BCUT2D eigenvalue weighted by atomic mass is 9.78. The number of hydrogen-bond acceptors (Lipinski definition) is 6. The van der Waals surface area contributed by atoms with Crippen LogP contribution in [0.1, 0.15) is 28.8 Å². The Morgan fingerprint density at radius 2 is 2.08 bits per heavy atom. The van der Waals surface area contributed by atoms with Crippen LogP contribution in [-0.2, 0) is 6.42 Å². The number of carbonyl (C=O) groups is 1. The average Bonchev–Trinajstić information content (AvgIpc) is 3.21. The standard InChI is InChI=1S/C16H21BN2O5.2ClH/c18-16(4-5-16)9-19-7-11(8-19)23-12-2-1-10-3-6-17(22)24-14(10)13(12)15(20)21;;/h1-2,11,22H,3-9,18H2,(H,20,21);2*1H. The summed E-state index contributed by atoms with van der Waals surface area (Å²) in [4.78, 5) is 13.9. The minimum absolute atomic E-state index is 0. The normalized spacial score (nSPS) is 20.6. The van der Waals surface area contributed by atoms with Crippen LogP contribution in [0.25, 0.3) is 0 Å². The van der Waals surface area contributed by atoms with E-state index < -0.39 is 13.1 Å². The Kier molecular flexibility index (Phi) is 6.35. The monoisotopic (exact) mass is 404 g/mol. The van der Waals surface area contributed by atoms with Crippen LogP contribution in [-0.4, -0.2) is 59.4 Å². The van der Waals surface area contributed by atoms with Crippen molar-refractivity contribution in [1.29, 1.82) is 0 Å². The van der Waals surface area contributed by atoms with Gasteiger partial charge in [0.25, 0.3) is 0 Å². The van der Waals surface area contributed by atoms with Gasteiger partial charge < -0.3 is 25.3 Å². The lowest BCUT2D eigenvalue weighted by molar-refractivity contribution is 0.0137. The Morgan fingerprint density at radius 1 is 1.38 bits per heavy atom. The molecule has 10 heteroatoms. The lowest BCUT2D eigenvalue weighted by Gasteiger charge is -2.40. The van der Waals surface area contributed by atoms with Crippen molar-refractivity contribution in [2.45, 2.75) is 37.2 Å². The average molecular weight is 405 g/mol. The molecule has 1 aromatic carbocycles. The highest BCUT2D eigenvalue weighted by Crippen LogP contribution is 2.38. The van der Waals surface area contributed by atoms with Crippen LogP contribution in [0.4, 0.5) is 0 Å². The first-order valence-corrected chi connectivity index (χ1v) is 8.35. The number of likely N-dealkylation sites (tertiary alicyclic amines) is 1. The topological polar surface area (TPSA) is 105 Å². The highest BCUT2D eigenvalue weighted by molar-refractivity contribution is 6.44. The number of hydrogen-bond donors (Lipinski definition) is 3. The van der Waals surface area contributed by atoms with Gasteiger partial charge in [0.1, 0.15) is 23.2 Å². The Labute approximate surface area is 164 Å². The van der Waals surface area contributed by atoms with Crippen LogP contribution in [0.5, 0.6) is 11.5 Å². The van der Waals surface area contributed by atoms with E-state index in [0.717, 1.165) is 38.0 Å². The van der Waals surface area contributed by atoms with E-state index in [9.17, 15) is 14.9 Å². The zero-order valence-corrected chi connectivity index (χ0v) is 15.9. The first-order chi connectivity index (χ1) is 11.4. The molecule has 3 aliphatic rings. The molecule has 144 valence electrons. The Balaban J connectivity index is 0.00000121. The molecule has 4 rings (SSSR count). The summed E-state index contributed by atoms with van der Waals surface area (Å²) < 4.78 is 11.2. The Bertz CT molecular complexity index is 683. The summed E-state index contributed by atoms with van der Waals surface area (Å²) in [5.74, 6) is -0.575. The zero-order valence-electron chi connectivity index (χ0n) is 14.2. The van der Waals surface area contributed by atoms with E-state index in [1.54, 1.807) is 6.07 Å². The highest BCUT2D eigenvalue weighted by Gasteiger charge is 2.43. The van der Waals surface area contributed by atoms with Gasteiger partial charge in [-0.1, -0.05) is 6.07 Å². The number of rotatable bonds is 5. The molecule has 2 aliphatic heterocycles. The van der Waals surface area contributed by atoms with Crippen molar-refractivity contribution in [3.05, 3.63) is 23.3 Å². The summed E-state index contributed by atoms with van der Waals surface area (Å²) in [6.45, 7) is 2.37. The number of aryl methyl sites for hydroxylation is 1. The van der Waals surface area contributed by atoms with Crippen molar-refractivity contribution < 1.29 is 24.3 Å². The third-order valence-electron chi connectivity index (χ3n) is 4.98. The summed E-state index contributed by atoms with van der Waals surface area (Å²) in [5.41, 5.74) is 6.88. The van der Waals surface area contributed by atoms with E-state index in [2.05, 4.69) is 4.90 Å². The summed E-state index contributed by atoms with van der Waals surface area (Å²) in [6.07, 6.45) is 3.15. The van der Waals surface area contributed by atoms with Crippen LogP contribution >= 0.6 is 24.8 Å². The van der Waals surface area contributed by atoms with Crippen LogP contribution in [0.2, 0.25) is 6.32 Å². The molecule has 7 nitrogen and oxygen atoms in total. The molecule has 1 aromatic rings. The van der Waals surface area contributed by atoms with Gasteiger partial charge >= 0.3 is 13.1 Å². The molecule has 26 heavy (non-hydrogen) atoms. The van der Waals surface area contributed by atoms with Crippen LogP contribution in [0.15, 0.2) is 12.1 Å². The first kappa shape index (κ1) is 21.1. The smallest absolute Gasteiger partial charge is 0.522 e. The third kappa shape index (κ3) is 4.20. The Hall–Kier alpha value is -1.19. The van der Waals surface area contributed by atoms with Gasteiger partial charge in [0, 0.05) is 25.2 Å². The van der Waals surface area contributed by atoms with Crippen molar-refractivity contribution >= 4 is 37.9 Å². The number of fused-ring (bicyclic) bond motifs is 1. The number of halogens is 2. The zero-order chi connectivity index (χ0) is 16.9. The summed E-state index contributed by atoms with van der Waals surface area (Å²) >= 11 is 0. The molecule has 4 N–H and O–H groups in total. The van der Waals surface area contributed by atoms with Gasteiger partial charge in [-0.3, -0.25) is 4.90 Å². The van der Waals surface area contributed by atoms with Gasteiger partial charge in [0.05, 0.1) is 0 Å². The van der Waals surface area contributed by atoms with Crippen molar-refractivity contribution in [2.24, 2.45) is 5.73 Å². The molecule has 1 saturated heterocycles. The van der Waals surface area contributed by atoms with Crippen molar-refractivity contribution in [3.8, 4) is 11.5 Å². The number of ether oxygens (including phenoxy) is 1. The van der Waals surface area contributed by atoms with Crippen molar-refractivity contribution in [3.63, 3.8) is 0 Å². The predicted octanol–water partition coefficient (Wildman–Crippen LogP) is 1.20. The maximum absolute atomic E-state index is 11.7. The molecule has 0 spiro atoms. The van der Waals surface area contributed by atoms with Gasteiger partial charge in [-0.05, 0) is 37.2 Å². The predicted molar refractivity (Wildman–Crippen MR) is 102 cm³/mol. The van der Waals surface area contributed by atoms with E-state index in [-0.39, 0.29) is 47.8 Å². The van der Waals surface area contributed by atoms with E-state index in [1.807, 2.05) is 6.07 Å². The number of carboxylic acids is 1.